The van der Waals surface area contributed by atoms with E-state index in [4.69, 9.17) is 4.74 Å². The van der Waals surface area contributed by atoms with Crippen molar-refractivity contribution in [3.8, 4) is 5.75 Å². The first-order chi connectivity index (χ1) is 9.97. The van der Waals surface area contributed by atoms with Gasteiger partial charge in [-0.2, -0.15) is 0 Å². The summed E-state index contributed by atoms with van der Waals surface area (Å²) >= 11 is 3.30. The first-order valence-electron chi connectivity index (χ1n) is 7.05. The van der Waals surface area contributed by atoms with Crippen LogP contribution in [0, 0.1) is 0 Å². The van der Waals surface area contributed by atoms with Gasteiger partial charge < -0.3 is 4.74 Å². The standard InChI is InChI=1S/C14H21BrN2O3S/c1-3-17-8-4-5-12(17)10-16-21(18,19)14-9-11(15)6-7-13(14)20-2/h6-7,9,12,16H,3-5,8,10H2,1-2H3. The minimum absolute atomic E-state index is 0.167. The molecule has 1 fully saturated rings. The number of hydrogen-bond acceptors (Lipinski definition) is 4. The number of likely N-dealkylation sites (tertiary alicyclic amines) is 1. The van der Waals surface area contributed by atoms with Crippen molar-refractivity contribution in [2.24, 2.45) is 0 Å². The lowest BCUT2D eigenvalue weighted by atomic mass is 10.2. The molecule has 1 aliphatic heterocycles. The Labute approximate surface area is 134 Å². The highest BCUT2D eigenvalue weighted by Gasteiger charge is 2.26. The summed E-state index contributed by atoms with van der Waals surface area (Å²) in [6, 6.07) is 5.25. The third-order valence-electron chi connectivity index (χ3n) is 3.83. The number of methoxy groups -OCH3 is 1. The highest BCUT2D eigenvalue weighted by molar-refractivity contribution is 9.10. The van der Waals surface area contributed by atoms with Crippen LogP contribution in [0.2, 0.25) is 0 Å². The van der Waals surface area contributed by atoms with E-state index < -0.39 is 10.0 Å². The fraction of sp³-hybridized carbons (Fsp3) is 0.571. The number of sulfonamides is 1. The Morgan fingerprint density at radius 1 is 1.48 bits per heavy atom. The van der Waals surface area contributed by atoms with Crippen molar-refractivity contribution in [1.29, 1.82) is 0 Å². The summed E-state index contributed by atoms with van der Waals surface area (Å²) in [5.41, 5.74) is 0. The average molecular weight is 377 g/mol. The molecular weight excluding hydrogens is 356 g/mol. The van der Waals surface area contributed by atoms with Crippen molar-refractivity contribution >= 4 is 26.0 Å². The van der Waals surface area contributed by atoms with Gasteiger partial charge in [0.25, 0.3) is 0 Å². The van der Waals surface area contributed by atoms with Crippen LogP contribution in [0.1, 0.15) is 19.8 Å². The first kappa shape index (κ1) is 16.7. The molecule has 0 radical (unpaired) electrons. The van der Waals surface area contributed by atoms with E-state index in [1.807, 2.05) is 0 Å². The van der Waals surface area contributed by atoms with Crippen LogP contribution in [0.4, 0.5) is 0 Å². The third kappa shape index (κ3) is 3.97. The van der Waals surface area contributed by atoms with Gasteiger partial charge in [0.15, 0.2) is 0 Å². The molecule has 2 rings (SSSR count). The van der Waals surface area contributed by atoms with Gasteiger partial charge in [-0.25, -0.2) is 13.1 Å². The van der Waals surface area contributed by atoms with Gasteiger partial charge in [-0.15, -0.1) is 0 Å². The van der Waals surface area contributed by atoms with E-state index in [9.17, 15) is 8.42 Å². The van der Waals surface area contributed by atoms with Crippen LogP contribution in [-0.2, 0) is 10.0 Å². The second-order valence-electron chi connectivity index (χ2n) is 5.07. The van der Waals surface area contributed by atoms with Gasteiger partial charge in [0.05, 0.1) is 7.11 Å². The monoisotopic (exact) mass is 376 g/mol. The molecule has 118 valence electrons. The maximum Gasteiger partial charge on any atom is 0.244 e. The molecule has 0 aromatic heterocycles. The molecule has 1 saturated heterocycles. The maximum absolute atomic E-state index is 12.5. The number of likely N-dealkylation sites (N-methyl/N-ethyl adjacent to an activating group) is 1. The van der Waals surface area contributed by atoms with Gasteiger partial charge in [-0.05, 0) is 44.1 Å². The molecule has 5 nitrogen and oxygen atoms in total. The zero-order chi connectivity index (χ0) is 15.5. The van der Waals surface area contributed by atoms with Crippen LogP contribution >= 0.6 is 15.9 Å². The smallest absolute Gasteiger partial charge is 0.244 e. The minimum Gasteiger partial charge on any atom is -0.495 e. The number of ether oxygens (including phenoxy) is 1. The lowest BCUT2D eigenvalue weighted by Gasteiger charge is -2.23. The molecule has 1 N–H and O–H groups in total. The highest BCUT2D eigenvalue weighted by atomic mass is 79.9. The number of nitrogens with zero attached hydrogens (tertiary/aromatic N) is 1. The van der Waals surface area contributed by atoms with E-state index in [0.717, 1.165) is 25.9 Å². The predicted octanol–water partition coefficient (Wildman–Crippen LogP) is 2.22. The van der Waals surface area contributed by atoms with Crippen LogP contribution in [0.3, 0.4) is 0 Å². The van der Waals surface area contributed by atoms with Crippen molar-refractivity contribution in [3.05, 3.63) is 22.7 Å². The molecule has 1 aromatic carbocycles. The molecule has 1 atom stereocenters. The van der Waals surface area contributed by atoms with E-state index in [-0.39, 0.29) is 10.9 Å². The van der Waals surface area contributed by atoms with E-state index in [0.29, 0.717) is 16.8 Å². The van der Waals surface area contributed by atoms with Crippen LogP contribution in [-0.4, -0.2) is 46.1 Å². The van der Waals surface area contributed by atoms with Crippen molar-refractivity contribution in [1.82, 2.24) is 9.62 Å². The largest absolute Gasteiger partial charge is 0.495 e. The quantitative estimate of drug-likeness (QED) is 0.826. The summed E-state index contributed by atoms with van der Waals surface area (Å²) in [6.45, 7) is 4.53. The fourth-order valence-electron chi connectivity index (χ4n) is 2.69. The Kier molecular flexibility index (Phi) is 5.65. The predicted molar refractivity (Wildman–Crippen MR) is 86.2 cm³/mol. The first-order valence-corrected chi connectivity index (χ1v) is 9.32. The Hall–Kier alpha value is -0.630. The molecule has 1 heterocycles. The van der Waals surface area contributed by atoms with Crippen molar-refractivity contribution in [2.45, 2.75) is 30.7 Å². The zero-order valence-electron chi connectivity index (χ0n) is 12.3. The molecule has 0 saturated carbocycles. The van der Waals surface area contributed by atoms with E-state index in [1.54, 1.807) is 18.2 Å². The molecule has 0 spiro atoms. The van der Waals surface area contributed by atoms with Gasteiger partial charge in [-0.1, -0.05) is 22.9 Å². The molecule has 1 unspecified atom stereocenters. The maximum atomic E-state index is 12.5. The Morgan fingerprint density at radius 2 is 2.24 bits per heavy atom. The van der Waals surface area contributed by atoms with Gasteiger partial charge in [0, 0.05) is 17.1 Å². The summed E-state index contributed by atoms with van der Waals surface area (Å²) in [5, 5.41) is 0. The topological polar surface area (TPSA) is 58.6 Å². The summed E-state index contributed by atoms with van der Waals surface area (Å²) in [5.74, 6) is 0.351. The Morgan fingerprint density at radius 3 is 2.90 bits per heavy atom. The van der Waals surface area contributed by atoms with Crippen LogP contribution in [0.15, 0.2) is 27.6 Å². The number of benzene rings is 1. The van der Waals surface area contributed by atoms with Crippen molar-refractivity contribution < 1.29 is 13.2 Å². The van der Waals surface area contributed by atoms with Crippen molar-refractivity contribution in [2.75, 3.05) is 26.7 Å². The van der Waals surface area contributed by atoms with E-state index in [1.165, 1.54) is 7.11 Å². The second kappa shape index (κ2) is 7.09. The van der Waals surface area contributed by atoms with Crippen molar-refractivity contribution in [3.63, 3.8) is 0 Å². The fourth-order valence-corrected chi connectivity index (χ4v) is 4.47. The lowest BCUT2D eigenvalue weighted by molar-refractivity contribution is 0.268. The summed E-state index contributed by atoms with van der Waals surface area (Å²) in [7, 11) is -2.11. The normalized spacial score (nSPS) is 19.9. The highest BCUT2D eigenvalue weighted by Crippen LogP contribution is 2.27. The van der Waals surface area contributed by atoms with Crippen LogP contribution in [0.25, 0.3) is 0 Å². The second-order valence-corrected chi connectivity index (χ2v) is 7.72. The van der Waals surface area contributed by atoms with Gasteiger partial charge in [-0.3, -0.25) is 4.90 Å². The molecule has 0 bridgehead atoms. The van der Waals surface area contributed by atoms with E-state index >= 15 is 0 Å². The number of rotatable bonds is 6. The molecule has 0 amide bonds. The van der Waals surface area contributed by atoms with E-state index in [2.05, 4.69) is 32.5 Å². The third-order valence-corrected chi connectivity index (χ3v) is 5.77. The molecule has 1 aliphatic rings. The number of hydrogen-bond donors (Lipinski definition) is 1. The van der Waals surface area contributed by atoms with Gasteiger partial charge >= 0.3 is 0 Å². The molecule has 7 heteroatoms. The number of nitrogens with one attached hydrogen (secondary N) is 1. The lowest BCUT2D eigenvalue weighted by Crippen LogP contribution is -2.40. The Balaban J connectivity index is 2.13. The average Bonchev–Trinajstić information content (AvgIpc) is 2.92. The Bertz CT molecular complexity index is 592. The van der Waals surface area contributed by atoms with Crippen LogP contribution < -0.4 is 9.46 Å². The minimum atomic E-state index is -3.58. The SMILES string of the molecule is CCN1CCCC1CNS(=O)(=O)c1cc(Br)ccc1OC. The molecule has 21 heavy (non-hydrogen) atoms. The molecule has 1 aromatic rings. The van der Waals surface area contributed by atoms with Crippen LogP contribution in [0.5, 0.6) is 5.75 Å². The summed E-state index contributed by atoms with van der Waals surface area (Å²) in [4.78, 5) is 2.47. The van der Waals surface area contributed by atoms with Gasteiger partial charge in [0.2, 0.25) is 10.0 Å². The van der Waals surface area contributed by atoms with Gasteiger partial charge in [0.1, 0.15) is 10.6 Å². The summed E-state index contributed by atoms with van der Waals surface area (Å²) in [6.07, 6.45) is 2.16. The molecular formula is C14H21BrN2O3S. The number of halogens is 1. The zero-order valence-corrected chi connectivity index (χ0v) is 14.7. The molecule has 0 aliphatic carbocycles. The summed E-state index contributed by atoms with van der Waals surface area (Å²) < 4.78 is 33.5.